The zero-order valence-electron chi connectivity index (χ0n) is 22.4. The van der Waals surface area contributed by atoms with E-state index in [2.05, 4.69) is 0 Å². The summed E-state index contributed by atoms with van der Waals surface area (Å²) in [6.07, 6.45) is -3.45. The highest BCUT2D eigenvalue weighted by atomic mass is 16.9. The van der Waals surface area contributed by atoms with Gasteiger partial charge in [-0.25, -0.2) is 9.69 Å². The van der Waals surface area contributed by atoms with E-state index in [4.69, 9.17) is 33.2 Å². The summed E-state index contributed by atoms with van der Waals surface area (Å²) >= 11 is 0. The molecule has 0 unspecified atom stereocenters. The van der Waals surface area contributed by atoms with E-state index in [0.29, 0.717) is 11.4 Å². The quantitative estimate of drug-likeness (QED) is 0.380. The lowest BCUT2D eigenvalue weighted by Crippen LogP contribution is -2.58. The van der Waals surface area contributed by atoms with Crippen molar-refractivity contribution in [3.63, 3.8) is 0 Å². The van der Waals surface area contributed by atoms with Crippen LogP contribution in [0, 0.1) is 0 Å². The number of rotatable bonds is 7. The first kappa shape index (κ1) is 26.8. The molecule has 4 aliphatic rings. The van der Waals surface area contributed by atoms with Gasteiger partial charge >= 0.3 is 12.0 Å². The Morgan fingerprint density at radius 3 is 2.24 bits per heavy atom. The molecular weight excluding hydrogens is 500 g/mol. The molecule has 0 saturated carbocycles. The van der Waals surface area contributed by atoms with Gasteiger partial charge in [-0.15, -0.1) is 0 Å². The highest BCUT2D eigenvalue weighted by molar-refractivity contribution is 6.22. The predicted molar refractivity (Wildman–Crippen MR) is 130 cm³/mol. The van der Waals surface area contributed by atoms with Gasteiger partial charge in [0.15, 0.2) is 17.9 Å². The van der Waals surface area contributed by atoms with Gasteiger partial charge in [0.2, 0.25) is 0 Å². The van der Waals surface area contributed by atoms with E-state index in [9.17, 15) is 14.4 Å². The summed E-state index contributed by atoms with van der Waals surface area (Å²) in [5.74, 6) is -2.37. The number of anilines is 1. The molecule has 0 bridgehead atoms. The number of esters is 1. The fraction of sp³-hybridized carbons (Fsp3) is 0.654. The molecule has 6 atom stereocenters. The van der Waals surface area contributed by atoms with Crippen molar-refractivity contribution in [1.29, 1.82) is 0 Å². The maximum atomic E-state index is 13.7. The van der Waals surface area contributed by atoms with Gasteiger partial charge in [-0.05, 0) is 58.9 Å². The molecule has 4 fully saturated rings. The Labute approximate surface area is 221 Å². The number of benzene rings is 1. The van der Waals surface area contributed by atoms with Crippen LogP contribution >= 0.6 is 0 Å². The van der Waals surface area contributed by atoms with Gasteiger partial charge in [0.05, 0.1) is 32.4 Å². The normalized spacial score (nSPS) is 33.3. The third-order valence-electron chi connectivity index (χ3n) is 6.94. The molecule has 38 heavy (non-hydrogen) atoms. The van der Waals surface area contributed by atoms with Crippen LogP contribution in [0.3, 0.4) is 0 Å². The first-order valence-electron chi connectivity index (χ1n) is 12.7. The largest absolute Gasteiger partial charge is 0.497 e. The molecule has 0 aromatic heterocycles. The lowest BCUT2D eigenvalue weighted by atomic mass is 9.98. The highest BCUT2D eigenvalue weighted by Gasteiger charge is 2.61. The summed E-state index contributed by atoms with van der Waals surface area (Å²) in [5.41, 5.74) is 0.357. The minimum absolute atomic E-state index is 0.0467. The zero-order chi connectivity index (χ0) is 27.4. The molecule has 4 aliphatic heterocycles. The summed E-state index contributed by atoms with van der Waals surface area (Å²) in [6, 6.07) is 4.85. The molecule has 1 aromatic carbocycles. The van der Waals surface area contributed by atoms with Crippen molar-refractivity contribution in [1.82, 2.24) is 4.90 Å². The Balaban J connectivity index is 1.44. The first-order chi connectivity index (χ1) is 17.9. The van der Waals surface area contributed by atoms with Crippen molar-refractivity contribution in [3.8, 4) is 5.75 Å². The summed E-state index contributed by atoms with van der Waals surface area (Å²) < 4.78 is 40.9. The van der Waals surface area contributed by atoms with Crippen LogP contribution in [0.4, 0.5) is 10.5 Å². The van der Waals surface area contributed by atoms with Gasteiger partial charge in [-0.1, -0.05) is 0 Å². The third-order valence-corrected chi connectivity index (χ3v) is 6.94. The number of nitrogens with zero attached hydrogens (tertiary/aromatic N) is 2. The monoisotopic (exact) mass is 534 g/mol. The van der Waals surface area contributed by atoms with Crippen molar-refractivity contribution >= 4 is 23.6 Å². The van der Waals surface area contributed by atoms with Gasteiger partial charge in [-0.3, -0.25) is 9.59 Å². The minimum Gasteiger partial charge on any atom is -0.497 e. The van der Waals surface area contributed by atoms with Crippen LogP contribution in [0.2, 0.25) is 0 Å². The van der Waals surface area contributed by atoms with Crippen LogP contribution in [0.25, 0.3) is 0 Å². The summed E-state index contributed by atoms with van der Waals surface area (Å²) in [5, 5.41) is 0. The molecule has 4 heterocycles. The van der Waals surface area contributed by atoms with Crippen molar-refractivity contribution in [3.05, 3.63) is 24.3 Å². The van der Waals surface area contributed by atoms with Crippen LogP contribution < -0.4 is 9.64 Å². The first-order valence-corrected chi connectivity index (χ1v) is 12.7. The zero-order valence-corrected chi connectivity index (χ0v) is 22.4. The Kier molecular flexibility index (Phi) is 6.89. The van der Waals surface area contributed by atoms with Crippen LogP contribution in [0.5, 0.6) is 5.75 Å². The number of ether oxygens (including phenoxy) is 7. The van der Waals surface area contributed by atoms with Crippen LogP contribution in [-0.2, 0) is 38.0 Å². The van der Waals surface area contributed by atoms with Crippen molar-refractivity contribution in [2.75, 3.05) is 25.2 Å². The number of urea groups is 1. The second-order valence-electron chi connectivity index (χ2n) is 10.5. The topological polar surface area (TPSA) is 122 Å². The van der Waals surface area contributed by atoms with Crippen molar-refractivity contribution < 1.29 is 47.5 Å². The average molecular weight is 535 g/mol. The van der Waals surface area contributed by atoms with Crippen LogP contribution in [0.1, 0.15) is 41.0 Å². The molecule has 1 aromatic rings. The lowest BCUT2D eigenvalue weighted by Gasteiger charge is -2.39. The molecule has 0 spiro atoms. The number of fused-ring (bicyclic) bond motifs is 3. The number of hydrogen-bond acceptors (Lipinski definition) is 10. The van der Waals surface area contributed by atoms with Crippen molar-refractivity contribution in [2.24, 2.45) is 0 Å². The molecule has 3 amide bonds. The number of amides is 3. The average Bonchev–Trinajstić information content (AvgIpc) is 3.42. The minimum atomic E-state index is -1.09. The molecular formula is C26H34N2O10. The number of imide groups is 1. The number of hydrogen-bond donors (Lipinski definition) is 0. The van der Waals surface area contributed by atoms with Crippen LogP contribution in [0.15, 0.2) is 24.3 Å². The van der Waals surface area contributed by atoms with Gasteiger partial charge in [0, 0.05) is 0 Å². The molecule has 12 heteroatoms. The summed E-state index contributed by atoms with van der Waals surface area (Å²) in [7, 11) is 1.52. The Bertz CT molecular complexity index is 1090. The molecule has 12 nitrogen and oxygen atoms in total. The maximum absolute atomic E-state index is 13.7. The number of carbonyl (C=O) groups is 3. The Morgan fingerprint density at radius 1 is 0.947 bits per heavy atom. The fourth-order valence-corrected chi connectivity index (χ4v) is 5.42. The highest BCUT2D eigenvalue weighted by Crippen LogP contribution is 2.44. The van der Waals surface area contributed by atoms with Gasteiger partial charge in [-0.2, -0.15) is 0 Å². The Morgan fingerprint density at radius 2 is 1.58 bits per heavy atom. The van der Waals surface area contributed by atoms with E-state index in [1.54, 1.807) is 58.9 Å². The molecule has 0 N–H and O–H groups in total. The van der Waals surface area contributed by atoms with Gasteiger partial charge in [0.25, 0.3) is 5.91 Å². The van der Waals surface area contributed by atoms with Crippen molar-refractivity contribution in [2.45, 2.75) is 89.4 Å². The van der Waals surface area contributed by atoms with Gasteiger partial charge in [0.1, 0.15) is 36.2 Å². The Hall–Kier alpha value is -2.77. The third kappa shape index (κ3) is 4.87. The number of carbonyl (C=O) groups excluding carboxylic acids is 3. The van der Waals surface area contributed by atoms with Gasteiger partial charge < -0.3 is 38.1 Å². The van der Waals surface area contributed by atoms with E-state index >= 15 is 0 Å². The fourth-order valence-electron chi connectivity index (χ4n) is 5.42. The van der Waals surface area contributed by atoms with E-state index in [1.807, 2.05) is 0 Å². The predicted octanol–water partition coefficient (Wildman–Crippen LogP) is 2.18. The SMILES string of the molecule is CCOC(=O)C[C@@H]1C(=O)N(c2ccc(OC)cc2)C(=O)N1C[C@H]1O[C@@H]2OC(C)(C)O[C@@H]2[C@H]2OC(C)(C)O[C@H]21. The maximum Gasteiger partial charge on any atom is 0.332 e. The summed E-state index contributed by atoms with van der Waals surface area (Å²) in [6.45, 7) is 8.93. The van der Waals surface area contributed by atoms with E-state index in [-0.39, 0.29) is 19.6 Å². The smallest absolute Gasteiger partial charge is 0.332 e. The lowest BCUT2D eigenvalue weighted by molar-refractivity contribution is -0.235. The molecule has 0 aliphatic carbocycles. The molecule has 0 radical (unpaired) electrons. The standard InChI is InChI=1S/C26H34N2O10/c1-7-33-18(29)12-16-22(30)28(14-8-10-15(32-6)11-9-14)24(31)27(16)13-17-19-20(36-25(2,3)35-19)21-23(34-17)38-26(4,5)37-21/h8-11,16-17,19-21,23H,7,12-13H2,1-6H3/t16-,17-,19+,20+,21-,23-/m1/s1. The molecule has 208 valence electrons. The van der Waals surface area contributed by atoms with E-state index in [1.165, 1.54) is 12.0 Å². The van der Waals surface area contributed by atoms with E-state index in [0.717, 1.165) is 4.90 Å². The molecule has 5 rings (SSSR count). The van der Waals surface area contributed by atoms with E-state index < -0.39 is 66.2 Å². The molecule has 4 saturated heterocycles. The van der Waals surface area contributed by atoms with Crippen LogP contribution in [-0.4, -0.2) is 91.4 Å². The summed E-state index contributed by atoms with van der Waals surface area (Å²) in [4.78, 5) is 42.1. The number of methoxy groups -OCH3 is 1. The second-order valence-corrected chi connectivity index (χ2v) is 10.5. The second kappa shape index (κ2) is 9.76.